The Hall–Kier alpha value is -3.10. The van der Waals surface area contributed by atoms with Gasteiger partial charge in [-0.05, 0) is 49.6 Å². The number of hydrogen-bond donors (Lipinski definition) is 2. The van der Waals surface area contributed by atoms with Gasteiger partial charge in [-0.2, -0.15) is 13.2 Å². The minimum absolute atomic E-state index is 0.0220. The summed E-state index contributed by atoms with van der Waals surface area (Å²) in [5.74, 6) is -1.19. The van der Waals surface area contributed by atoms with Crippen LogP contribution < -0.4 is 10.9 Å². The summed E-state index contributed by atoms with van der Waals surface area (Å²) in [7, 11) is 1.54. The number of aromatic amines is 1. The van der Waals surface area contributed by atoms with Gasteiger partial charge in [-0.3, -0.25) is 14.4 Å². The standard InChI is InChI=1S/C22H24F3N3O3/c1-12-10-13(2)27-21(31)17(12)11-26-20(30)16-8-9-18(29)28(3)19(16)14-4-6-15(7-5-14)22(23,24)25/h4-7,10,16,19H,8-9,11H2,1-3H3,(H,26,30)(H,27,31). The van der Waals surface area contributed by atoms with E-state index < -0.39 is 23.7 Å². The summed E-state index contributed by atoms with van der Waals surface area (Å²) in [5, 5.41) is 2.76. The molecule has 0 bridgehead atoms. The zero-order valence-corrected chi connectivity index (χ0v) is 17.5. The molecule has 0 spiro atoms. The number of alkyl halides is 3. The summed E-state index contributed by atoms with van der Waals surface area (Å²) in [6.45, 7) is 3.57. The zero-order valence-electron chi connectivity index (χ0n) is 17.5. The Balaban J connectivity index is 1.83. The lowest BCUT2D eigenvalue weighted by atomic mass is 9.83. The van der Waals surface area contributed by atoms with Crippen LogP contribution in [0.3, 0.4) is 0 Å². The minimum Gasteiger partial charge on any atom is -0.351 e. The molecule has 1 aliphatic rings. The largest absolute Gasteiger partial charge is 0.416 e. The predicted molar refractivity (Wildman–Crippen MR) is 108 cm³/mol. The maximum Gasteiger partial charge on any atom is 0.416 e. The molecule has 9 heteroatoms. The number of piperidine rings is 1. The molecule has 2 N–H and O–H groups in total. The lowest BCUT2D eigenvalue weighted by Gasteiger charge is -2.38. The van der Waals surface area contributed by atoms with E-state index in [-0.39, 0.29) is 36.8 Å². The Labute approximate surface area is 177 Å². The summed E-state index contributed by atoms with van der Waals surface area (Å²) in [6.07, 6.45) is -4.04. The Bertz CT molecular complexity index is 1040. The summed E-state index contributed by atoms with van der Waals surface area (Å²) in [4.78, 5) is 41.5. The number of carbonyl (C=O) groups is 2. The van der Waals surface area contributed by atoms with Crippen molar-refractivity contribution in [2.45, 2.75) is 45.5 Å². The van der Waals surface area contributed by atoms with Crippen LogP contribution in [0.15, 0.2) is 35.1 Å². The van der Waals surface area contributed by atoms with Crippen LogP contribution in [0.25, 0.3) is 0 Å². The molecule has 0 radical (unpaired) electrons. The number of H-pyrrole nitrogens is 1. The molecule has 3 rings (SSSR count). The topological polar surface area (TPSA) is 82.3 Å². The van der Waals surface area contributed by atoms with E-state index in [1.807, 2.05) is 0 Å². The maximum absolute atomic E-state index is 13.0. The van der Waals surface area contributed by atoms with Gasteiger partial charge in [0, 0.05) is 31.3 Å². The summed E-state index contributed by atoms with van der Waals surface area (Å²) >= 11 is 0. The second-order valence-electron chi connectivity index (χ2n) is 7.88. The first-order chi connectivity index (χ1) is 14.5. The quantitative estimate of drug-likeness (QED) is 0.774. The number of benzene rings is 1. The van der Waals surface area contributed by atoms with E-state index in [4.69, 9.17) is 0 Å². The second kappa shape index (κ2) is 8.56. The van der Waals surface area contributed by atoms with E-state index in [2.05, 4.69) is 10.3 Å². The van der Waals surface area contributed by atoms with Gasteiger partial charge in [0.15, 0.2) is 0 Å². The number of hydrogen-bond acceptors (Lipinski definition) is 3. The van der Waals surface area contributed by atoms with Crippen LogP contribution in [-0.2, 0) is 22.3 Å². The van der Waals surface area contributed by atoms with Crippen molar-refractivity contribution in [2.24, 2.45) is 5.92 Å². The van der Waals surface area contributed by atoms with Gasteiger partial charge in [0.25, 0.3) is 5.56 Å². The first-order valence-corrected chi connectivity index (χ1v) is 9.89. The van der Waals surface area contributed by atoms with Crippen LogP contribution in [0, 0.1) is 19.8 Å². The number of likely N-dealkylation sites (tertiary alicyclic amines) is 1. The molecular weight excluding hydrogens is 411 g/mol. The van der Waals surface area contributed by atoms with Crippen molar-refractivity contribution in [1.82, 2.24) is 15.2 Å². The number of nitrogens with one attached hydrogen (secondary N) is 2. The highest BCUT2D eigenvalue weighted by Crippen LogP contribution is 2.37. The highest BCUT2D eigenvalue weighted by molar-refractivity contribution is 5.84. The Kier molecular flexibility index (Phi) is 6.24. The summed E-state index contributed by atoms with van der Waals surface area (Å²) in [5.41, 5.74) is 1.27. The van der Waals surface area contributed by atoms with E-state index >= 15 is 0 Å². The van der Waals surface area contributed by atoms with Crippen molar-refractivity contribution in [3.05, 3.63) is 68.6 Å². The fourth-order valence-corrected chi connectivity index (χ4v) is 4.05. The number of rotatable bonds is 4. The molecule has 166 valence electrons. The van der Waals surface area contributed by atoms with Crippen molar-refractivity contribution in [2.75, 3.05) is 7.05 Å². The predicted octanol–water partition coefficient (Wildman–Crippen LogP) is 3.24. The fraction of sp³-hybridized carbons (Fsp3) is 0.409. The monoisotopic (exact) mass is 435 g/mol. The van der Waals surface area contributed by atoms with Crippen LogP contribution in [0.1, 0.15) is 46.8 Å². The number of aromatic nitrogens is 1. The van der Waals surface area contributed by atoms with Crippen LogP contribution in [-0.4, -0.2) is 28.7 Å². The first kappa shape index (κ1) is 22.6. The van der Waals surface area contributed by atoms with Gasteiger partial charge in [-0.25, -0.2) is 0 Å². The average Bonchev–Trinajstić information content (AvgIpc) is 2.68. The third kappa shape index (κ3) is 4.81. The highest BCUT2D eigenvalue weighted by atomic mass is 19.4. The molecule has 2 heterocycles. The van der Waals surface area contributed by atoms with Gasteiger partial charge in [0.2, 0.25) is 11.8 Å². The molecule has 2 atom stereocenters. The van der Waals surface area contributed by atoms with Crippen LogP contribution in [0.4, 0.5) is 13.2 Å². The maximum atomic E-state index is 13.0. The van der Waals surface area contributed by atoms with E-state index in [0.717, 1.165) is 17.7 Å². The fourth-order valence-electron chi connectivity index (χ4n) is 4.05. The zero-order chi connectivity index (χ0) is 22.9. The molecule has 1 aliphatic heterocycles. The van der Waals surface area contributed by atoms with Gasteiger partial charge in [0.1, 0.15) is 0 Å². The summed E-state index contributed by atoms with van der Waals surface area (Å²) in [6, 6.07) is 5.62. The van der Waals surface area contributed by atoms with Crippen molar-refractivity contribution in [3.8, 4) is 0 Å². The van der Waals surface area contributed by atoms with Gasteiger partial charge in [-0.1, -0.05) is 12.1 Å². The van der Waals surface area contributed by atoms with Crippen LogP contribution >= 0.6 is 0 Å². The van der Waals surface area contributed by atoms with Crippen molar-refractivity contribution in [3.63, 3.8) is 0 Å². The molecule has 6 nitrogen and oxygen atoms in total. The minimum atomic E-state index is -4.47. The van der Waals surface area contributed by atoms with Crippen molar-refractivity contribution < 1.29 is 22.8 Å². The SMILES string of the molecule is Cc1cc(C)c(CNC(=O)C2CCC(=O)N(C)C2c2ccc(C(F)(F)F)cc2)c(=O)[nH]1. The molecule has 1 fully saturated rings. The third-order valence-electron chi connectivity index (χ3n) is 5.71. The third-order valence-corrected chi connectivity index (χ3v) is 5.71. The molecule has 31 heavy (non-hydrogen) atoms. The van der Waals surface area contributed by atoms with Gasteiger partial charge < -0.3 is 15.2 Å². The molecule has 0 saturated carbocycles. The first-order valence-electron chi connectivity index (χ1n) is 9.89. The number of carbonyl (C=O) groups excluding carboxylic acids is 2. The normalized spacial score (nSPS) is 19.4. The van der Waals surface area contributed by atoms with Crippen LogP contribution in [0.2, 0.25) is 0 Å². The van der Waals surface area contributed by atoms with Crippen LogP contribution in [0.5, 0.6) is 0 Å². The molecule has 2 aromatic rings. The molecular formula is C22H24F3N3O3. The molecule has 1 aromatic carbocycles. The van der Waals surface area contributed by atoms with Gasteiger partial charge >= 0.3 is 6.18 Å². The smallest absolute Gasteiger partial charge is 0.351 e. The number of aryl methyl sites for hydroxylation is 2. The summed E-state index contributed by atoms with van der Waals surface area (Å²) < 4.78 is 38.7. The number of halogens is 3. The number of pyridine rings is 1. The van der Waals surface area contributed by atoms with E-state index in [1.165, 1.54) is 17.0 Å². The number of nitrogens with zero attached hydrogens (tertiary/aromatic N) is 1. The highest BCUT2D eigenvalue weighted by Gasteiger charge is 2.39. The Morgan fingerprint density at radius 2 is 1.84 bits per heavy atom. The van der Waals surface area contributed by atoms with E-state index in [9.17, 15) is 27.6 Å². The molecule has 1 saturated heterocycles. The second-order valence-corrected chi connectivity index (χ2v) is 7.88. The Morgan fingerprint density at radius 1 is 1.19 bits per heavy atom. The van der Waals surface area contributed by atoms with Crippen molar-refractivity contribution >= 4 is 11.8 Å². The Morgan fingerprint density at radius 3 is 2.42 bits per heavy atom. The van der Waals surface area contributed by atoms with Gasteiger partial charge in [0.05, 0.1) is 17.5 Å². The lowest BCUT2D eigenvalue weighted by Crippen LogP contribution is -2.46. The van der Waals surface area contributed by atoms with E-state index in [1.54, 1.807) is 27.0 Å². The van der Waals surface area contributed by atoms with E-state index in [0.29, 0.717) is 16.8 Å². The molecule has 2 amide bonds. The molecule has 0 aliphatic carbocycles. The lowest BCUT2D eigenvalue weighted by molar-refractivity contribution is -0.142. The molecule has 2 unspecified atom stereocenters. The number of amides is 2. The van der Waals surface area contributed by atoms with Gasteiger partial charge in [-0.15, -0.1) is 0 Å². The molecule has 1 aromatic heterocycles. The average molecular weight is 435 g/mol. The van der Waals surface area contributed by atoms with Crippen molar-refractivity contribution in [1.29, 1.82) is 0 Å².